The predicted octanol–water partition coefficient (Wildman–Crippen LogP) is 2.22. The Kier molecular flexibility index (Phi) is 4.35. The smallest absolute Gasteiger partial charge is 0.216 e. The van der Waals surface area contributed by atoms with Crippen molar-refractivity contribution in [1.29, 1.82) is 0 Å². The van der Waals surface area contributed by atoms with Gasteiger partial charge in [-0.1, -0.05) is 17.0 Å². The molecule has 0 bridgehead atoms. The fourth-order valence-corrected chi connectivity index (χ4v) is 1.55. The first-order valence-corrected chi connectivity index (χ1v) is 6.00. The van der Waals surface area contributed by atoms with Gasteiger partial charge in [0.25, 0.3) is 0 Å². The van der Waals surface area contributed by atoms with E-state index in [9.17, 15) is 4.79 Å². The molecule has 1 aromatic carbocycles. The van der Waals surface area contributed by atoms with Gasteiger partial charge < -0.3 is 9.84 Å². The fourth-order valence-electron chi connectivity index (χ4n) is 1.55. The minimum Gasteiger partial charge on any atom is -0.356 e. The van der Waals surface area contributed by atoms with Crippen molar-refractivity contribution >= 4 is 5.91 Å². The summed E-state index contributed by atoms with van der Waals surface area (Å²) in [5.74, 6) is 6.77. The minimum absolute atomic E-state index is 0.0294. The number of nitrogens with one attached hydrogen (secondary N) is 1. The lowest BCUT2D eigenvalue weighted by molar-refractivity contribution is -0.118. The largest absolute Gasteiger partial charge is 0.356 e. The summed E-state index contributed by atoms with van der Waals surface area (Å²) < 4.78 is 5.07. The maximum Gasteiger partial charge on any atom is 0.216 e. The van der Waals surface area contributed by atoms with E-state index in [1.54, 1.807) is 6.20 Å². The molecule has 0 aliphatic carbocycles. The molecule has 0 aliphatic rings. The molecule has 0 aliphatic heterocycles. The van der Waals surface area contributed by atoms with Crippen molar-refractivity contribution in [2.75, 3.05) is 6.54 Å². The molecule has 0 radical (unpaired) electrons. The van der Waals surface area contributed by atoms with Crippen molar-refractivity contribution < 1.29 is 9.32 Å². The number of rotatable bonds is 3. The van der Waals surface area contributed by atoms with Crippen LogP contribution in [-0.2, 0) is 4.79 Å². The highest BCUT2D eigenvalue weighted by atomic mass is 16.5. The van der Waals surface area contributed by atoms with Crippen LogP contribution < -0.4 is 5.32 Å². The van der Waals surface area contributed by atoms with Crippen LogP contribution in [0.1, 0.15) is 18.9 Å². The Labute approximate surface area is 111 Å². The molecule has 19 heavy (non-hydrogen) atoms. The lowest BCUT2D eigenvalue weighted by Gasteiger charge is -1.96. The zero-order valence-electron chi connectivity index (χ0n) is 10.6. The van der Waals surface area contributed by atoms with Gasteiger partial charge in [0.1, 0.15) is 0 Å². The molecule has 1 heterocycles. The van der Waals surface area contributed by atoms with Crippen LogP contribution in [0.4, 0.5) is 0 Å². The summed E-state index contributed by atoms with van der Waals surface area (Å²) >= 11 is 0. The van der Waals surface area contributed by atoms with Crippen LogP contribution in [0.2, 0.25) is 0 Å². The Morgan fingerprint density at radius 3 is 2.74 bits per heavy atom. The second-order valence-corrected chi connectivity index (χ2v) is 3.99. The van der Waals surface area contributed by atoms with Gasteiger partial charge in [0, 0.05) is 37.1 Å². The average molecular weight is 254 g/mol. The third-order valence-electron chi connectivity index (χ3n) is 2.46. The Morgan fingerprint density at radius 1 is 1.32 bits per heavy atom. The summed E-state index contributed by atoms with van der Waals surface area (Å²) in [6.45, 7) is 2.08. The van der Waals surface area contributed by atoms with Gasteiger partial charge >= 0.3 is 0 Å². The van der Waals surface area contributed by atoms with Crippen molar-refractivity contribution in [2.45, 2.75) is 13.3 Å². The van der Waals surface area contributed by atoms with Crippen molar-refractivity contribution in [1.82, 2.24) is 10.5 Å². The average Bonchev–Trinajstić information content (AvgIpc) is 2.93. The number of amides is 1. The lowest BCUT2D eigenvalue weighted by Crippen LogP contribution is -2.20. The molecule has 0 unspecified atom stereocenters. The monoisotopic (exact) mass is 254 g/mol. The molecule has 2 aromatic rings. The van der Waals surface area contributed by atoms with Crippen LogP contribution in [0.3, 0.4) is 0 Å². The van der Waals surface area contributed by atoms with E-state index < -0.39 is 0 Å². The first-order valence-electron chi connectivity index (χ1n) is 6.00. The first-order chi connectivity index (χ1) is 9.25. The molecule has 0 spiro atoms. The number of benzene rings is 1. The third kappa shape index (κ3) is 4.00. The highest BCUT2D eigenvalue weighted by molar-refractivity contribution is 5.72. The van der Waals surface area contributed by atoms with Crippen molar-refractivity contribution in [3.63, 3.8) is 0 Å². The molecule has 0 saturated carbocycles. The van der Waals surface area contributed by atoms with Gasteiger partial charge in [-0.15, -0.1) is 0 Å². The SMILES string of the molecule is CC(=O)NCCC#Cc1ccc(-c2ccno2)cc1. The topological polar surface area (TPSA) is 55.1 Å². The van der Waals surface area contributed by atoms with E-state index in [2.05, 4.69) is 22.3 Å². The van der Waals surface area contributed by atoms with Crippen LogP contribution in [0.5, 0.6) is 0 Å². The molecular weight excluding hydrogens is 240 g/mol. The summed E-state index contributed by atoms with van der Waals surface area (Å²) in [6.07, 6.45) is 2.26. The van der Waals surface area contributed by atoms with Gasteiger partial charge in [-0.25, -0.2) is 0 Å². The summed E-state index contributed by atoms with van der Waals surface area (Å²) in [5, 5.41) is 6.37. The standard InChI is InChI=1S/C15H14N2O2/c1-12(18)16-10-3-2-4-13-5-7-14(8-6-13)15-9-11-17-19-15/h5-9,11H,3,10H2,1H3,(H,16,18). The van der Waals surface area contributed by atoms with E-state index in [4.69, 9.17) is 4.52 Å². The van der Waals surface area contributed by atoms with Crippen molar-refractivity contribution in [2.24, 2.45) is 0 Å². The van der Waals surface area contributed by atoms with Crippen LogP contribution in [0, 0.1) is 11.8 Å². The molecular formula is C15H14N2O2. The van der Waals surface area contributed by atoms with Gasteiger partial charge in [0.15, 0.2) is 5.76 Å². The van der Waals surface area contributed by atoms with Crippen molar-refractivity contribution in [3.8, 4) is 23.2 Å². The minimum atomic E-state index is -0.0294. The van der Waals surface area contributed by atoms with Crippen LogP contribution in [0.25, 0.3) is 11.3 Å². The Balaban J connectivity index is 1.92. The van der Waals surface area contributed by atoms with Gasteiger partial charge in [0.2, 0.25) is 5.91 Å². The number of hydrogen-bond donors (Lipinski definition) is 1. The van der Waals surface area contributed by atoms with E-state index in [0.29, 0.717) is 13.0 Å². The summed E-state index contributed by atoms with van der Waals surface area (Å²) in [7, 11) is 0. The Morgan fingerprint density at radius 2 is 2.11 bits per heavy atom. The molecule has 0 atom stereocenters. The number of nitrogens with zero attached hydrogens (tertiary/aromatic N) is 1. The second-order valence-electron chi connectivity index (χ2n) is 3.99. The van der Waals surface area contributed by atoms with Gasteiger partial charge in [-0.2, -0.15) is 0 Å². The molecule has 96 valence electrons. The normalized spacial score (nSPS) is 9.53. The molecule has 4 heteroatoms. The molecule has 1 aromatic heterocycles. The van der Waals surface area contributed by atoms with E-state index in [1.165, 1.54) is 6.92 Å². The van der Waals surface area contributed by atoms with E-state index in [0.717, 1.165) is 16.9 Å². The lowest BCUT2D eigenvalue weighted by atomic mass is 10.1. The molecule has 1 N–H and O–H groups in total. The quantitative estimate of drug-likeness (QED) is 0.675. The van der Waals surface area contributed by atoms with Crippen LogP contribution in [-0.4, -0.2) is 17.6 Å². The number of aromatic nitrogens is 1. The van der Waals surface area contributed by atoms with Crippen molar-refractivity contribution in [3.05, 3.63) is 42.1 Å². The summed E-state index contributed by atoms with van der Waals surface area (Å²) in [4.78, 5) is 10.7. The maximum atomic E-state index is 10.7. The summed E-state index contributed by atoms with van der Waals surface area (Å²) in [5.41, 5.74) is 1.91. The van der Waals surface area contributed by atoms with Gasteiger partial charge in [-0.3, -0.25) is 4.79 Å². The maximum absolute atomic E-state index is 10.7. The van der Waals surface area contributed by atoms with E-state index >= 15 is 0 Å². The number of hydrogen-bond acceptors (Lipinski definition) is 3. The number of carbonyl (C=O) groups is 1. The second kappa shape index (κ2) is 6.41. The molecule has 1 amide bonds. The van der Waals surface area contributed by atoms with Gasteiger partial charge in [0.05, 0.1) is 6.20 Å². The van der Waals surface area contributed by atoms with E-state index in [1.807, 2.05) is 30.3 Å². The highest BCUT2D eigenvalue weighted by Gasteiger charge is 2.00. The van der Waals surface area contributed by atoms with E-state index in [-0.39, 0.29) is 5.91 Å². The molecule has 0 saturated heterocycles. The Bertz CT molecular complexity index is 589. The number of carbonyl (C=O) groups excluding carboxylic acids is 1. The molecule has 0 fully saturated rings. The zero-order chi connectivity index (χ0) is 13.5. The van der Waals surface area contributed by atoms with Crippen LogP contribution in [0.15, 0.2) is 41.1 Å². The fraction of sp³-hybridized carbons (Fsp3) is 0.200. The Hall–Kier alpha value is -2.54. The first kappa shape index (κ1) is 12.9. The van der Waals surface area contributed by atoms with Crippen LogP contribution >= 0.6 is 0 Å². The highest BCUT2D eigenvalue weighted by Crippen LogP contribution is 2.18. The third-order valence-corrected chi connectivity index (χ3v) is 2.46. The van der Waals surface area contributed by atoms with Gasteiger partial charge in [-0.05, 0) is 24.3 Å². The zero-order valence-corrected chi connectivity index (χ0v) is 10.6. The molecule has 2 rings (SSSR count). The predicted molar refractivity (Wildman–Crippen MR) is 72.1 cm³/mol. The summed E-state index contributed by atoms with van der Waals surface area (Å²) in [6, 6.07) is 9.57. The molecule has 4 nitrogen and oxygen atoms in total.